The normalized spacial score (nSPS) is 10.1. The van der Waals surface area contributed by atoms with Crippen LogP contribution in [0.25, 0.3) is 11.1 Å². The quantitative estimate of drug-likeness (QED) is 0.917. The van der Waals surface area contributed by atoms with Crippen LogP contribution < -0.4 is 0 Å². The largest absolute Gasteiger partial charge is 0.476 e. The molecule has 1 N–H and O–H groups in total. The standard InChI is InChI=1S/C12H8BrNO2/c13-9-5-3-8(4-6-9)10-2-1-7-14-11(10)12(15)16/h1-7H,(H,15,16). The summed E-state index contributed by atoms with van der Waals surface area (Å²) in [5, 5.41) is 9.01. The first-order valence-electron chi connectivity index (χ1n) is 4.63. The Morgan fingerprint density at radius 3 is 2.50 bits per heavy atom. The van der Waals surface area contributed by atoms with E-state index < -0.39 is 5.97 Å². The summed E-state index contributed by atoms with van der Waals surface area (Å²) < 4.78 is 0.956. The second kappa shape index (κ2) is 4.45. The molecule has 0 aliphatic heterocycles. The third-order valence-electron chi connectivity index (χ3n) is 2.17. The summed E-state index contributed by atoms with van der Waals surface area (Å²) in [6.45, 7) is 0. The highest BCUT2D eigenvalue weighted by Gasteiger charge is 2.11. The third kappa shape index (κ3) is 2.12. The maximum absolute atomic E-state index is 11.0. The van der Waals surface area contributed by atoms with Crippen LogP contribution in [0.5, 0.6) is 0 Å². The average molecular weight is 278 g/mol. The van der Waals surface area contributed by atoms with Crippen molar-refractivity contribution in [2.24, 2.45) is 0 Å². The van der Waals surface area contributed by atoms with Gasteiger partial charge in [0.1, 0.15) is 0 Å². The number of aromatic carboxylic acids is 1. The molecule has 4 heteroatoms. The van der Waals surface area contributed by atoms with Crippen LogP contribution >= 0.6 is 15.9 Å². The Kier molecular flexibility index (Phi) is 3.01. The topological polar surface area (TPSA) is 50.2 Å². The maximum atomic E-state index is 11.0. The molecule has 80 valence electrons. The number of nitrogens with zero attached hydrogens (tertiary/aromatic N) is 1. The van der Waals surface area contributed by atoms with E-state index in [1.807, 2.05) is 24.3 Å². The lowest BCUT2D eigenvalue weighted by molar-refractivity contribution is 0.0691. The summed E-state index contributed by atoms with van der Waals surface area (Å²) in [6.07, 6.45) is 1.48. The first-order valence-corrected chi connectivity index (χ1v) is 5.42. The van der Waals surface area contributed by atoms with Crippen LogP contribution in [0.15, 0.2) is 47.1 Å². The van der Waals surface area contributed by atoms with Gasteiger partial charge in [0.2, 0.25) is 0 Å². The van der Waals surface area contributed by atoms with Crippen LogP contribution in [0.4, 0.5) is 0 Å². The monoisotopic (exact) mass is 277 g/mol. The summed E-state index contributed by atoms with van der Waals surface area (Å²) in [5.74, 6) is -1.02. The van der Waals surface area contributed by atoms with Crippen molar-refractivity contribution in [2.75, 3.05) is 0 Å². The number of carboxylic acid groups (broad SMARTS) is 1. The zero-order chi connectivity index (χ0) is 11.5. The summed E-state index contributed by atoms with van der Waals surface area (Å²) >= 11 is 3.33. The average Bonchev–Trinajstić information content (AvgIpc) is 2.30. The first-order chi connectivity index (χ1) is 7.68. The Morgan fingerprint density at radius 1 is 1.19 bits per heavy atom. The molecule has 0 saturated carbocycles. The molecule has 0 amide bonds. The second-order valence-electron chi connectivity index (χ2n) is 3.21. The van der Waals surface area contributed by atoms with Gasteiger partial charge in [-0.15, -0.1) is 0 Å². The van der Waals surface area contributed by atoms with Gasteiger partial charge in [-0.3, -0.25) is 0 Å². The Labute approximate surface area is 101 Å². The van der Waals surface area contributed by atoms with Crippen LogP contribution in [0, 0.1) is 0 Å². The van der Waals surface area contributed by atoms with Crippen molar-refractivity contribution in [3.05, 3.63) is 52.8 Å². The van der Waals surface area contributed by atoms with Gasteiger partial charge < -0.3 is 5.11 Å². The van der Waals surface area contributed by atoms with Crippen LogP contribution in [-0.4, -0.2) is 16.1 Å². The van der Waals surface area contributed by atoms with E-state index in [2.05, 4.69) is 20.9 Å². The SMILES string of the molecule is O=C(O)c1ncccc1-c1ccc(Br)cc1. The number of carbonyl (C=O) groups is 1. The molecule has 16 heavy (non-hydrogen) atoms. The molecule has 0 spiro atoms. The van der Waals surface area contributed by atoms with Crippen molar-refractivity contribution < 1.29 is 9.90 Å². The number of pyridine rings is 1. The van der Waals surface area contributed by atoms with Crippen molar-refractivity contribution >= 4 is 21.9 Å². The number of rotatable bonds is 2. The van der Waals surface area contributed by atoms with Gasteiger partial charge in [-0.05, 0) is 23.8 Å². The molecule has 0 unspecified atom stereocenters. The lowest BCUT2D eigenvalue weighted by atomic mass is 10.0. The van der Waals surface area contributed by atoms with Crippen molar-refractivity contribution in [2.45, 2.75) is 0 Å². The van der Waals surface area contributed by atoms with Gasteiger partial charge in [-0.25, -0.2) is 9.78 Å². The first kappa shape index (κ1) is 10.8. The van der Waals surface area contributed by atoms with Crippen LogP contribution in [0.1, 0.15) is 10.5 Å². The minimum Gasteiger partial charge on any atom is -0.476 e. The molecule has 0 atom stereocenters. The molecule has 0 saturated heterocycles. The van der Waals surface area contributed by atoms with E-state index in [-0.39, 0.29) is 5.69 Å². The van der Waals surface area contributed by atoms with E-state index in [0.29, 0.717) is 5.56 Å². The number of hydrogen-bond acceptors (Lipinski definition) is 2. The molecule has 0 radical (unpaired) electrons. The highest BCUT2D eigenvalue weighted by molar-refractivity contribution is 9.10. The van der Waals surface area contributed by atoms with E-state index >= 15 is 0 Å². The molecule has 1 heterocycles. The zero-order valence-corrected chi connectivity index (χ0v) is 9.81. The Bertz CT molecular complexity index is 523. The Hall–Kier alpha value is -1.68. The molecule has 0 bridgehead atoms. The molecule has 0 fully saturated rings. The molecule has 1 aromatic carbocycles. The van der Waals surface area contributed by atoms with E-state index in [0.717, 1.165) is 10.0 Å². The fourth-order valence-corrected chi connectivity index (χ4v) is 1.70. The van der Waals surface area contributed by atoms with Gasteiger partial charge in [0, 0.05) is 16.2 Å². The van der Waals surface area contributed by atoms with Crippen molar-refractivity contribution in [1.82, 2.24) is 4.98 Å². The number of benzene rings is 1. The van der Waals surface area contributed by atoms with Crippen molar-refractivity contribution in [3.8, 4) is 11.1 Å². The Balaban J connectivity index is 2.55. The summed E-state index contributed by atoms with van der Waals surface area (Å²) in [5.41, 5.74) is 1.54. The van der Waals surface area contributed by atoms with Gasteiger partial charge in [0.15, 0.2) is 5.69 Å². The van der Waals surface area contributed by atoms with E-state index in [4.69, 9.17) is 5.11 Å². The van der Waals surface area contributed by atoms with E-state index in [9.17, 15) is 4.79 Å². The molecule has 2 rings (SSSR count). The Morgan fingerprint density at radius 2 is 1.88 bits per heavy atom. The summed E-state index contributed by atoms with van der Waals surface area (Å²) in [4.78, 5) is 14.9. The number of aromatic nitrogens is 1. The fraction of sp³-hybridized carbons (Fsp3) is 0. The van der Waals surface area contributed by atoms with Crippen LogP contribution in [0.2, 0.25) is 0 Å². The second-order valence-corrected chi connectivity index (χ2v) is 4.13. The molecule has 0 aliphatic carbocycles. The van der Waals surface area contributed by atoms with Gasteiger partial charge in [0.05, 0.1) is 0 Å². The highest BCUT2D eigenvalue weighted by atomic mass is 79.9. The smallest absolute Gasteiger partial charge is 0.355 e. The van der Waals surface area contributed by atoms with E-state index in [1.165, 1.54) is 6.20 Å². The third-order valence-corrected chi connectivity index (χ3v) is 2.69. The summed E-state index contributed by atoms with van der Waals surface area (Å²) in [7, 11) is 0. The molecule has 0 aliphatic rings. The van der Waals surface area contributed by atoms with Crippen LogP contribution in [-0.2, 0) is 0 Å². The predicted molar refractivity (Wildman–Crippen MR) is 64.3 cm³/mol. The highest BCUT2D eigenvalue weighted by Crippen LogP contribution is 2.23. The maximum Gasteiger partial charge on any atom is 0.355 e. The van der Waals surface area contributed by atoms with Gasteiger partial charge in [-0.1, -0.05) is 34.1 Å². The van der Waals surface area contributed by atoms with Gasteiger partial charge in [-0.2, -0.15) is 0 Å². The minimum absolute atomic E-state index is 0.0739. The molecule has 1 aromatic heterocycles. The number of hydrogen-bond donors (Lipinski definition) is 1. The molecule has 3 nitrogen and oxygen atoms in total. The number of halogens is 1. The van der Waals surface area contributed by atoms with E-state index in [1.54, 1.807) is 12.1 Å². The molecule has 2 aromatic rings. The molecular formula is C12H8BrNO2. The van der Waals surface area contributed by atoms with Crippen molar-refractivity contribution in [3.63, 3.8) is 0 Å². The lowest BCUT2D eigenvalue weighted by Crippen LogP contribution is -2.02. The van der Waals surface area contributed by atoms with Gasteiger partial charge >= 0.3 is 5.97 Å². The van der Waals surface area contributed by atoms with Gasteiger partial charge in [0.25, 0.3) is 0 Å². The lowest BCUT2D eigenvalue weighted by Gasteiger charge is -2.04. The minimum atomic E-state index is -1.02. The summed E-state index contributed by atoms with van der Waals surface area (Å²) in [6, 6.07) is 10.9. The van der Waals surface area contributed by atoms with Crippen molar-refractivity contribution in [1.29, 1.82) is 0 Å². The zero-order valence-electron chi connectivity index (χ0n) is 8.22. The predicted octanol–water partition coefficient (Wildman–Crippen LogP) is 3.21. The number of carboxylic acids is 1. The van der Waals surface area contributed by atoms with Crippen LogP contribution in [0.3, 0.4) is 0 Å². The molecular weight excluding hydrogens is 270 g/mol. The fourth-order valence-electron chi connectivity index (χ4n) is 1.44.